The fourth-order valence-corrected chi connectivity index (χ4v) is 3.65. The van der Waals surface area contributed by atoms with Crippen LogP contribution in [-0.4, -0.2) is 21.0 Å². The molecule has 6 heteroatoms. The van der Waals surface area contributed by atoms with E-state index in [1.807, 2.05) is 6.07 Å². The summed E-state index contributed by atoms with van der Waals surface area (Å²) in [5.74, 6) is 3.17. The van der Waals surface area contributed by atoms with Crippen LogP contribution in [0, 0.1) is 11.3 Å². The number of hydrogen-bond donors (Lipinski definition) is 1. The molecule has 0 bridgehead atoms. The molecule has 1 atom stereocenters. The smallest absolute Gasteiger partial charge is 0.266 e. The van der Waals surface area contributed by atoms with Crippen molar-refractivity contribution in [1.82, 2.24) is 4.98 Å². The highest BCUT2D eigenvalue weighted by atomic mass is 32.2. The van der Waals surface area contributed by atoms with Gasteiger partial charge < -0.3 is 5.32 Å². The van der Waals surface area contributed by atoms with Gasteiger partial charge >= 0.3 is 0 Å². The minimum Gasteiger partial charge on any atom is -0.321 e. The molecule has 0 spiro atoms. The van der Waals surface area contributed by atoms with Crippen LogP contribution in [0.4, 0.5) is 5.69 Å². The maximum absolute atomic E-state index is 12.3. The zero-order chi connectivity index (χ0) is 17.2. The molecule has 0 saturated carbocycles. The van der Waals surface area contributed by atoms with Gasteiger partial charge in [0, 0.05) is 32.5 Å². The van der Waals surface area contributed by atoms with Crippen LogP contribution in [0.5, 0.6) is 0 Å². The number of pyridine rings is 1. The third-order valence-corrected chi connectivity index (χ3v) is 5.17. The van der Waals surface area contributed by atoms with Crippen molar-refractivity contribution in [3.05, 3.63) is 64.8 Å². The molecule has 118 valence electrons. The van der Waals surface area contributed by atoms with E-state index in [-0.39, 0.29) is 5.57 Å². The first-order chi connectivity index (χ1) is 11.5. The highest BCUT2D eigenvalue weighted by Crippen LogP contribution is 2.29. The van der Waals surface area contributed by atoms with Gasteiger partial charge in [0.15, 0.2) is 0 Å². The minimum absolute atomic E-state index is 0.0322. The van der Waals surface area contributed by atoms with Crippen molar-refractivity contribution in [3.8, 4) is 6.07 Å². The Morgan fingerprint density at radius 1 is 1.29 bits per heavy atom. The molecule has 5 nitrogen and oxygen atoms in total. The van der Waals surface area contributed by atoms with Crippen LogP contribution in [-0.2, 0) is 14.3 Å². The number of anilines is 1. The molecule has 0 aliphatic carbocycles. The molecule has 0 fully saturated rings. The molecule has 3 rings (SSSR count). The number of carbonyl (C=O) groups is 1. The second-order valence-electron chi connectivity index (χ2n) is 5.19. The average Bonchev–Trinajstić information content (AvgIpc) is 2.88. The van der Waals surface area contributed by atoms with Gasteiger partial charge in [-0.3, -0.25) is 14.0 Å². The van der Waals surface area contributed by atoms with Crippen molar-refractivity contribution in [3.63, 3.8) is 0 Å². The molecule has 0 saturated heterocycles. The van der Waals surface area contributed by atoms with Crippen LogP contribution in [0.2, 0.25) is 0 Å². The first-order valence-corrected chi connectivity index (χ1v) is 8.81. The van der Waals surface area contributed by atoms with Gasteiger partial charge in [0.1, 0.15) is 11.6 Å². The summed E-state index contributed by atoms with van der Waals surface area (Å²) in [5, 5.41) is 13.4. The molecule has 1 amide bonds. The van der Waals surface area contributed by atoms with Gasteiger partial charge in [-0.25, -0.2) is 0 Å². The maximum Gasteiger partial charge on any atom is 0.266 e. The van der Waals surface area contributed by atoms with Crippen molar-refractivity contribution in [2.45, 2.75) is 4.90 Å². The second kappa shape index (κ2) is 6.14. The highest BCUT2D eigenvalue weighted by Gasteiger charge is 2.17. The Hall–Kier alpha value is -3.17. The number of nitriles is 1. The van der Waals surface area contributed by atoms with Crippen LogP contribution >= 0.6 is 0 Å². The van der Waals surface area contributed by atoms with Gasteiger partial charge in [0.05, 0.1) is 0 Å². The summed E-state index contributed by atoms with van der Waals surface area (Å²) in [6, 6.07) is 10.4. The molecule has 1 unspecified atom stereocenters. The Morgan fingerprint density at radius 3 is 2.75 bits per heavy atom. The van der Waals surface area contributed by atoms with Crippen LogP contribution in [0.3, 0.4) is 0 Å². The van der Waals surface area contributed by atoms with E-state index >= 15 is 0 Å². The average molecular weight is 335 g/mol. The number of aromatic nitrogens is 1. The molecule has 1 aliphatic heterocycles. The van der Waals surface area contributed by atoms with Crippen molar-refractivity contribution in [2.24, 2.45) is 0 Å². The van der Waals surface area contributed by atoms with Gasteiger partial charge in [-0.2, -0.15) is 5.26 Å². The van der Waals surface area contributed by atoms with Gasteiger partial charge in [0.2, 0.25) is 0 Å². The Kier molecular flexibility index (Phi) is 4.02. The summed E-state index contributed by atoms with van der Waals surface area (Å²) < 4.78 is 12.3. The molecule has 1 aromatic carbocycles. The molecule has 1 N–H and O–H groups in total. The van der Waals surface area contributed by atoms with Crippen molar-refractivity contribution in [1.29, 1.82) is 5.26 Å². The second-order valence-corrected chi connectivity index (χ2v) is 7.35. The normalized spacial score (nSPS) is 18.7. The van der Waals surface area contributed by atoms with E-state index in [4.69, 9.17) is 0 Å². The Balaban J connectivity index is 1.85. The molecular weight excluding hydrogens is 322 g/mol. The number of carbonyl (C=O) groups excluding carboxylic acids is 1. The van der Waals surface area contributed by atoms with E-state index in [9.17, 15) is 14.3 Å². The van der Waals surface area contributed by atoms with Gasteiger partial charge in [-0.15, -0.1) is 0 Å². The lowest BCUT2D eigenvalue weighted by atomic mass is 10.1. The topological polar surface area (TPSA) is 82.9 Å². The Morgan fingerprint density at radius 2 is 2.04 bits per heavy atom. The van der Waals surface area contributed by atoms with Crippen LogP contribution in [0.1, 0.15) is 11.1 Å². The number of fused-ring (bicyclic) bond motifs is 1. The third kappa shape index (κ3) is 3.12. The summed E-state index contributed by atoms with van der Waals surface area (Å²) in [5.41, 5.74) is 1.96. The van der Waals surface area contributed by atoms with Crippen LogP contribution in [0.25, 0.3) is 12.2 Å². The van der Waals surface area contributed by atoms with Crippen molar-refractivity contribution >= 4 is 39.1 Å². The third-order valence-electron chi connectivity index (χ3n) is 3.49. The molecule has 2 heterocycles. The van der Waals surface area contributed by atoms with Crippen molar-refractivity contribution < 1.29 is 9.00 Å². The molecule has 1 aliphatic rings. The van der Waals surface area contributed by atoms with E-state index in [2.05, 4.69) is 16.2 Å². The fraction of sp³-hybridized carbons (Fsp3) is 0. The first-order valence-electron chi connectivity index (χ1n) is 7.02. The van der Waals surface area contributed by atoms with Crippen LogP contribution in [0.15, 0.2) is 58.6 Å². The monoisotopic (exact) mass is 335 g/mol. The number of rotatable bonds is 3. The largest absolute Gasteiger partial charge is 0.321 e. The van der Waals surface area contributed by atoms with E-state index in [1.165, 1.54) is 6.08 Å². The van der Waals surface area contributed by atoms with E-state index in [0.717, 1.165) is 5.56 Å². The molecular formula is C18H13N3O2S. The number of amides is 1. The summed E-state index contributed by atoms with van der Waals surface area (Å²) in [6.07, 6.45) is 6.39. The lowest BCUT2D eigenvalue weighted by Gasteiger charge is -2.08. The number of nitrogens with one attached hydrogen (secondary N) is 1. The standard InChI is InChI=1S/C18H13N3O2S/c1-24(23)9-6-14-2-3-16(11-17(14)24)21-18(22)15(12-19)10-13-4-7-20-8-5-13/h2-11H,1H2,(H,21,22)/b15-10+. The van der Waals surface area contributed by atoms with Gasteiger partial charge in [-0.05, 0) is 58.8 Å². The number of hydrogen-bond acceptors (Lipinski definition) is 4. The highest BCUT2D eigenvalue weighted by molar-refractivity contribution is 8.03. The number of nitrogens with zero attached hydrogens (tertiary/aromatic N) is 2. The lowest BCUT2D eigenvalue weighted by molar-refractivity contribution is -0.112. The fourth-order valence-electron chi connectivity index (χ4n) is 2.28. The van der Waals surface area contributed by atoms with Crippen LogP contribution < -0.4 is 5.32 Å². The van der Waals surface area contributed by atoms with E-state index in [0.29, 0.717) is 16.1 Å². The minimum atomic E-state index is -2.46. The summed E-state index contributed by atoms with van der Waals surface area (Å²) >= 11 is 0. The lowest BCUT2D eigenvalue weighted by Crippen LogP contribution is -2.13. The summed E-state index contributed by atoms with van der Waals surface area (Å²) in [4.78, 5) is 16.8. The predicted molar refractivity (Wildman–Crippen MR) is 95.5 cm³/mol. The van der Waals surface area contributed by atoms with Gasteiger partial charge in [-0.1, -0.05) is 6.07 Å². The maximum atomic E-state index is 12.3. The SMILES string of the molecule is C=S1(=O)C=Cc2ccc(NC(=O)/C(C#N)=C/c3ccncc3)cc21. The zero-order valence-corrected chi connectivity index (χ0v) is 13.4. The Labute approximate surface area is 140 Å². The van der Waals surface area contributed by atoms with Crippen molar-refractivity contribution in [2.75, 3.05) is 5.32 Å². The summed E-state index contributed by atoms with van der Waals surface area (Å²) in [7, 11) is -2.46. The first kappa shape index (κ1) is 15.7. The zero-order valence-electron chi connectivity index (χ0n) is 12.6. The molecule has 2 aromatic rings. The predicted octanol–water partition coefficient (Wildman–Crippen LogP) is 2.69. The summed E-state index contributed by atoms with van der Waals surface area (Å²) in [6.45, 7) is 0. The van der Waals surface area contributed by atoms with Gasteiger partial charge in [0.25, 0.3) is 5.91 Å². The van der Waals surface area contributed by atoms with E-state index in [1.54, 1.807) is 54.2 Å². The molecule has 24 heavy (non-hydrogen) atoms. The molecule has 0 radical (unpaired) electrons. The molecule has 1 aromatic heterocycles. The quantitative estimate of drug-likeness (QED) is 0.531. The number of benzene rings is 1. The van der Waals surface area contributed by atoms with E-state index < -0.39 is 15.4 Å². The Bertz CT molecular complexity index is 1010.